The van der Waals surface area contributed by atoms with Crippen molar-refractivity contribution in [1.82, 2.24) is 14.9 Å². The van der Waals surface area contributed by atoms with E-state index < -0.39 is 0 Å². The fraction of sp³-hybridized carbons (Fsp3) is 0.786. The van der Waals surface area contributed by atoms with Gasteiger partial charge in [-0.1, -0.05) is 13.8 Å². The Kier molecular flexibility index (Phi) is 5.20. The predicted molar refractivity (Wildman–Crippen MR) is 72.5 cm³/mol. The Morgan fingerprint density at radius 1 is 1.56 bits per heavy atom. The topological polar surface area (TPSA) is 39.1 Å². The van der Waals surface area contributed by atoms with Crippen molar-refractivity contribution in [3.05, 3.63) is 18.2 Å². The van der Waals surface area contributed by atoms with Gasteiger partial charge in [0.15, 0.2) is 0 Å². The monoisotopic (exact) mass is 251 g/mol. The van der Waals surface area contributed by atoms with Crippen molar-refractivity contribution in [2.24, 2.45) is 5.92 Å². The molecule has 4 nitrogen and oxygen atoms in total. The molecule has 0 spiro atoms. The van der Waals surface area contributed by atoms with Crippen LogP contribution in [0.2, 0.25) is 0 Å². The lowest BCUT2D eigenvalue weighted by atomic mass is 9.98. The third kappa shape index (κ3) is 3.33. The molecule has 1 aromatic heterocycles. The molecule has 0 radical (unpaired) electrons. The normalized spacial score (nSPS) is 21.3. The van der Waals surface area contributed by atoms with E-state index in [1.54, 1.807) is 0 Å². The maximum atomic E-state index is 5.48. The molecule has 1 fully saturated rings. The van der Waals surface area contributed by atoms with E-state index in [4.69, 9.17) is 4.74 Å². The molecule has 2 unspecified atom stereocenters. The van der Waals surface area contributed by atoms with Crippen LogP contribution in [-0.2, 0) is 11.3 Å². The minimum absolute atomic E-state index is 0.364. The van der Waals surface area contributed by atoms with Crippen LogP contribution in [0, 0.1) is 5.92 Å². The smallest absolute Gasteiger partial charge is 0.125 e. The molecule has 0 aliphatic carbocycles. The molecule has 18 heavy (non-hydrogen) atoms. The molecule has 0 aromatic carbocycles. The van der Waals surface area contributed by atoms with Crippen LogP contribution >= 0.6 is 0 Å². The first-order chi connectivity index (χ1) is 8.85. The zero-order valence-electron chi connectivity index (χ0n) is 11.6. The fourth-order valence-corrected chi connectivity index (χ4v) is 2.69. The molecule has 2 heterocycles. The third-order valence-electron chi connectivity index (χ3n) is 3.57. The average Bonchev–Trinajstić information content (AvgIpc) is 3.00. The minimum Gasteiger partial charge on any atom is -0.381 e. The SMILES string of the molecule is CCCn1ccnc1C(CC1CCOC1)NCC. The average molecular weight is 251 g/mol. The van der Waals surface area contributed by atoms with Crippen LogP contribution < -0.4 is 5.32 Å². The number of aromatic nitrogens is 2. The molecule has 4 heteroatoms. The van der Waals surface area contributed by atoms with Gasteiger partial charge in [-0.25, -0.2) is 4.98 Å². The molecule has 1 saturated heterocycles. The first kappa shape index (κ1) is 13.6. The summed E-state index contributed by atoms with van der Waals surface area (Å²) in [5, 5.41) is 3.57. The van der Waals surface area contributed by atoms with Crippen LogP contribution in [0.4, 0.5) is 0 Å². The lowest BCUT2D eigenvalue weighted by molar-refractivity contribution is 0.181. The van der Waals surface area contributed by atoms with Crippen LogP contribution in [0.25, 0.3) is 0 Å². The van der Waals surface area contributed by atoms with Crippen LogP contribution in [0.5, 0.6) is 0 Å². The van der Waals surface area contributed by atoms with Crippen LogP contribution in [0.3, 0.4) is 0 Å². The van der Waals surface area contributed by atoms with Gasteiger partial charge in [-0.15, -0.1) is 0 Å². The number of aryl methyl sites for hydroxylation is 1. The number of rotatable bonds is 7. The van der Waals surface area contributed by atoms with Crippen molar-refractivity contribution < 1.29 is 4.74 Å². The van der Waals surface area contributed by atoms with Crippen molar-refractivity contribution in [2.75, 3.05) is 19.8 Å². The van der Waals surface area contributed by atoms with E-state index >= 15 is 0 Å². The first-order valence-corrected chi connectivity index (χ1v) is 7.17. The molecular weight excluding hydrogens is 226 g/mol. The van der Waals surface area contributed by atoms with Gasteiger partial charge in [-0.3, -0.25) is 0 Å². The van der Waals surface area contributed by atoms with E-state index in [0.29, 0.717) is 12.0 Å². The molecule has 102 valence electrons. The maximum absolute atomic E-state index is 5.48. The summed E-state index contributed by atoms with van der Waals surface area (Å²) in [6, 6.07) is 0.364. The van der Waals surface area contributed by atoms with Gasteiger partial charge >= 0.3 is 0 Å². The summed E-state index contributed by atoms with van der Waals surface area (Å²) in [5.74, 6) is 1.87. The van der Waals surface area contributed by atoms with Gasteiger partial charge in [0.25, 0.3) is 0 Å². The van der Waals surface area contributed by atoms with Crippen molar-refractivity contribution in [3.63, 3.8) is 0 Å². The predicted octanol–water partition coefficient (Wildman–Crippen LogP) is 2.37. The number of ether oxygens (including phenoxy) is 1. The second kappa shape index (κ2) is 6.90. The number of imidazole rings is 1. The second-order valence-corrected chi connectivity index (χ2v) is 5.05. The van der Waals surface area contributed by atoms with Gasteiger partial charge in [0.1, 0.15) is 5.82 Å². The molecule has 0 amide bonds. The van der Waals surface area contributed by atoms with E-state index in [-0.39, 0.29) is 0 Å². The minimum atomic E-state index is 0.364. The van der Waals surface area contributed by atoms with Crippen molar-refractivity contribution in [2.45, 2.75) is 45.7 Å². The zero-order valence-corrected chi connectivity index (χ0v) is 11.6. The highest BCUT2D eigenvalue weighted by atomic mass is 16.5. The summed E-state index contributed by atoms with van der Waals surface area (Å²) in [6.07, 6.45) is 7.48. The molecule has 2 atom stereocenters. The highest BCUT2D eigenvalue weighted by Crippen LogP contribution is 2.25. The Morgan fingerprint density at radius 2 is 2.44 bits per heavy atom. The lowest BCUT2D eigenvalue weighted by Gasteiger charge is -2.21. The summed E-state index contributed by atoms with van der Waals surface area (Å²) in [4.78, 5) is 4.56. The Labute approximate surface area is 110 Å². The summed E-state index contributed by atoms with van der Waals surface area (Å²) < 4.78 is 7.76. The van der Waals surface area contributed by atoms with E-state index in [1.165, 1.54) is 12.2 Å². The molecule has 1 aromatic rings. The second-order valence-electron chi connectivity index (χ2n) is 5.05. The standard InChI is InChI=1S/C14H25N3O/c1-3-7-17-8-6-16-14(17)13(15-4-2)10-12-5-9-18-11-12/h6,8,12-13,15H,3-5,7,9-11H2,1-2H3. The highest BCUT2D eigenvalue weighted by molar-refractivity contribution is 5.00. The Morgan fingerprint density at radius 3 is 3.11 bits per heavy atom. The van der Waals surface area contributed by atoms with Crippen molar-refractivity contribution >= 4 is 0 Å². The van der Waals surface area contributed by atoms with E-state index in [9.17, 15) is 0 Å². The van der Waals surface area contributed by atoms with Gasteiger partial charge in [0.05, 0.1) is 6.04 Å². The Bertz CT molecular complexity index is 345. The maximum Gasteiger partial charge on any atom is 0.125 e. The lowest BCUT2D eigenvalue weighted by Crippen LogP contribution is -2.26. The van der Waals surface area contributed by atoms with Crippen LogP contribution in [-0.4, -0.2) is 29.3 Å². The van der Waals surface area contributed by atoms with Gasteiger partial charge in [0.2, 0.25) is 0 Å². The van der Waals surface area contributed by atoms with Crippen LogP contribution in [0.1, 0.15) is 45.0 Å². The van der Waals surface area contributed by atoms with Crippen molar-refractivity contribution in [1.29, 1.82) is 0 Å². The fourth-order valence-electron chi connectivity index (χ4n) is 2.69. The van der Waals surface area contributed by atoms with Crippen LogP contribution in [0.15, 0.2) is 12.4 Å². The quantitative estimate of drug-likeness (QED) is 0.808. The number of nitrogens with one attached hydrogen (secondary N) is 1. The summed E-state index contributed by atoms with van der Waals surface area (Å²) >= 11 is 0. The van der Waals surface area contributed by atoms with Gasteiger partial charge in [0, 0.05) is 32.2 Å². The molecule has 1 N–H and O–H groups in total. The Hall–Kier alpha value is -0.870. The summed E-state index contributed by atoms with van der Waals surface area (Å²) in [5.41, 5.74) is 0. The third-order valence-corrected chi connectivity index (χ3v) is 3.57. The molecular formula is C14H25N3O. The number of hydrogen-bond acceptors (Lipinski definition) is 3. The van der Waals surface area contributed by atoms with Gasteiger partial charge in [-0.05, 0) is 31.7 Å². The number of nitrogens with zero attached hydrogens (tertiary/aromatic N) is 2. The molecule has 1 aliphatic heterocycles. The molecule has 1 aliphatic rings. The van der Waals surface area contributed by atoms with E-state index in [1.807, 2.05) is 6.20 Å². The Balaban J connectivity index is 2.04. The zero-order chi connectivity index (χ0) is 12.8. The summed E-state index contributed by atoms with van der Waals surface area (Å²) in [7, 11) is 0. The molecule has 2 rings (SSSR count). The first-order valence-electron chi connectivity index (χ1n) is 7.17. The highest BCUT2D eigenvalue weighted by Gasteiger charge is 2.23. The largest absolute Gasteiger partial charge is 0.381 e. The van der Waals surface area contributed by atoms with Gasteiger partial charge < -0.3 is 14.6 Å². The van der Waals surface area contributed by atoms with E-state index in [0.717, 1.165) is 39.1 Å². The molecule has 0 bridgehead atoms. The van der Waals surface area contributed by atoms with Gasteiger partial charge in [-0.2, -0.15) is 0 Å². The molecule has 0 saturated carbocycles. The number of hydrogen-bond donors (Lipinski definition) is 1. The van der Waals surface area contributed by atoms with Crippen molar-refractivity contribution in [3.8, 4) is 0 Å². The van der Waals surface area contributed by atoms with E-state index in [2.05, 4.69) is 34.9 Å². The summed E-state index contributed by atoms with van der Waals surface area (Å²) in [6.45, 7) is 8.24.